The molecular formula is C13H18F2O2. The van der Waals surface area contributed by atoms with Gasteiger partial charge in [-0.1, -0.05) is 6.92 Å². The molecule has 0 fully saturated rings. The van der Waals surface area contributed by atoms with Crippen LogP contribution in [-0.4, -0.2) is 24.4 Å². The lowest BCUT2D eigenvalue weighted by Crippen LogP contribution is -2.14. The van der Waals surface area contributed by atoms with E-state index in [1.807, 2.05) is 6.92 Å². The maximum atomic E-state index is 12.9. The lowest BCUT2D eigenvalue weighted by atomic mass is 10.1. The summed E-state index contributed by atoms with van der Waals surface area (Å²) in [5.41, 5.74) is 0.463. The lowest BCUT2D eigenvalue weighted by Gasteiger charge is -2.11. The first kappa shape index (κ1) is 14.1. The Labute approximate surface area is 100 Å². The topological polar surface area (TPSA) is 29.5 Å². The molecule has 1 rings (SSSR count). The van der Waals surface area contributed by atoms with Crippen LogP contribution in [-0.2, 0) is 11.2 Å². The van der Waals surface area contributed by atoms with Gasteiger partial charge in [-0.25, -0.2) is 8.78 Å². The zero-order valence-corrected chi connectivity index (χ0v) is 9.96. The van der Waals surface area contributed by atoms with Crippen molar-refractivity contribution in [2.75, 3.05) is 13.2 Å². The van der Waals surface area contributed by atoms with Crippen LogP contribution in [0, 0.1) is 11.6 Å². The molecule has 0 heterocycles. The number of aliphatic hydroxyl groups excluding tert-OH is 1. The van der Waals surface area contributed by atoms with Gasteiger partial charge < -0.3 is 9.84 Å². The largest absolute Gasteiger partial charge is 0.393 e. The third kappa shape index (κ3) is 5.75. The Balaban J connectivity index is 2.36. The van der Waals surface area contributed by atoms with Crippen LogP contribution in [0.1, 0.15) is 25.3 Å². The fourth-order valence-electron chi connectivity index (χ4n) is 1.57. The molecule has 2 nitrogen and oxygen atoms in total. The van der Waals surface area contributed by atoms with E-state index >= 15 is 0 Å². The van der Waals surface area contributed by atoms with Crippen molar-refractivity contribution in [2.45, 2.75) is 32.3 Å². The fourth-order valence-corrected chi connectivity index (χ4v) is 1.57. The Bertz CT molecular complexity index is 322. The highest BCUT2D eigenvalue weighted by molar-refractivity contribution is 5.18. The highest BCUT2D eigenvalue weighted by atomic mass is 19.1. The minimum atomic E-state index is -0.631. The molecule has 0 aromatic heterocycles. The number of halogens is 2. The zero-order valence-electron chi connectivity index (χ0n) is 9.96. The fraction of sp³-hybridized carbons (Fsp3) is 0.538. The van der Waals surface area contributed by atoms with Gasteiger partial charge in [-0.05, 0) is 37.0 Å². The van der Waals surface area contributed by atoms with Gasteiger partial charge in [0.25, 0.3) is 0 Å². The SMILES string of the molecule is CCCOCCC(O)Cc1cc(F)cc(F)c1. The van der Waals surface area contributed by atoms with Crippen molar-refractivity contribution < 1.29 is 18.6 Å². The second kappa shape index (κ2) is 7.35. The molecule has 1 unspecified atom stereocenters. The Morgan fingerprint density at radius 2 is 1.82 bits per heavy atom. The van der Waals surface area contributed by atoms with Crippen molar-refractivity contribution in [1.29, 1.82) is 0 Å². The number of aliphatic hydroxyl groups is 1. The van der Waals surface area contributed by atoms with Crippen molar-refractivity contribution in [3.63, 3.8) is 0 Å². The van der Waals surface area contributed by atoms with Gasteiger partial charge in [0.2, 0.25) is 0 Å². The lowest BCUT2D eigenvalue weighted by molar-refractivity contribution is 0.0823. The number of benzene rings is 1. The Morgan fingerprint density at radius 3 is 2.41 bits per heavy atom. The average molecular weight is 244 g/mol. The molecule has 0 aliphatic rings. The highest BCUT2D eigenvalue weighted by Gasteiger charge is 2.08. The smallest absolute Gasteiger partial charge is 0.126 e. The van der Waals surface area contributed by atoms with E-state index < -0.39 is 17.7 Å². The first-order valence-corrected chi connectivity index (χ1v) is 5.82. The van der Waals surface area contributed by atoms with Gasteiger partial charge in [0.05, 0.1) is 6.10 Å². The van der Waals surface area contributed by atoms with Gasteiger partial charge in [-0.15, -0.1) is 0 Å². The number of hydrogen-bond acceptors (Lipinski definition) is 2. The van der Waals surface area contributed by atoms with E-state index in [0.717, 1.165) is 12.5 Å². The molecule has 0 spiro atoms. The molecule has 1 atom stereocenters. The maximum absolute atomic E-state index is 12.9. The molecule has 0 aliphatic heterocycles. The van der Waals surface area contributed by atoms with Gasteiger partial charge >= 0.3 is 0 Å². The Morgan fingerprint density at radius 1 is 1.18 bits per heavy atom. The highest BCUT2D eigenvalue weighted by Crippen LogP contribution is 2.11. The second-order valence-electron chi connectivity index (χ2n) is 4.04. The van der Waals surface area contributed by atoms with Crippen molar-refractivity contribution in [2.24, 2.45) is 0 Å². The van der Waals surface area contributed by atoms with Gasteiger partial charge in [0, 0.05) is 19.3 Å². The first-order valence-electron chi connectivity index (χ1n) is 5.82. The van der Waals surface area contributed by atoms with Gasteiger partial charge in [0.15, 0.2) is 0 Å². The molecule has 4 heteroatoms. The molecule has 0 amide bonds. The summed E-state index contributed by atoms with van der Waals surface area (Å²) in [5.74, 6) is -1.23. The van der Waals surface area contributed by atoms with E-state index in [-0.39, 0.29) is 6.42 Å². The molecule has 0 aliphatic carbocycles. The molecule has 0 saturated carbocycles. The van der Waals surface area contributed by atoms with Crippen molar-refractivity contribution >= 4 is 0 Å². The predicted molar refractivity (Wildman–Crippen MR) is 61.8 cm³/mol. The third-order valence-corrected chi connectivity index (χ3v) is 2.34. The van der Waals surface area contributed by atoms with E-state index in [0.29, 0.717) is 25.2 Å². The van der Waals surface area contributed by atoms with Gasteiger partial charge in [0.1, 0.15) is 11.6 Å². The van der Waals surface area contributed by atoms with E-state index in [2.05, 4.69) is 0 Å². The summed E-state index contributed by atoms with van der Waals surface area (Å²) in [4.78, 5) is 0. The van der Waals surface area contributed by atoms with Crippen LogP contribution in [0.4, 0.5) is 8.78 Å². The summed E-state index contributed by atoms with van der Waals surface area (Å²) in [6.07, 6.45) is 1.01. The summed E-state index contributed by atoms with van der Waals surface area (Å²) >= 11 is 0. The molecule has 1 aromatic carbocycles. The van der Waals surface area contributed by atoms with Crippen LogP contribution in [0.15, 0.2) is 18.2 Å². The quantitative estimate of drug-likeness (QED) is 0.747. The summed E-state index contributed by atoms with van der Waals surface area (Å²) < 4.78 is 31.0. The van der Waals surface area contributed by atoms with Crippen LogP contribution >= 0.6 is 0 Å². The molecular weight excluding hydrogens is 226 g/mol. The molecule has 1 N–H and O–H groups in total. The van der Waals surface area contributed by atoms with Gasteiger partial charge in [-0.3, -0.25) is 0 Å². The number of ether oxygens (including phenoxy) is 1. The van der Waals surface area contributed by atoms with Crippen LogP contribution < -0.4 is 0 Å². The van der Waals surface area contributed by atoms with Crippen LogP contribution in [0.2, 0.25) is 0 Å². The van der Waals surface area contributed by atoms with E-state index in [4.69, 9.17) is 4.74 Å². The summed E-state index contributed by atoms with van der Waals surface area (Å²) in [7, 11) is 0. The minimum Gasteiger partial charge on any atom is -0.393 e. The predicted octanol–water partition coefficient (Wildman–Crippen LogP) is 2.68. The van der Waals surface area contributed by atoms with Crippen LogP contribution in [0.5, 0.6) is 0 Å². The first-order chi connectivity index (χ1) is 8.11. The summed E-state index contributed by atoms with van der Waals surface area (Å²) in [5, 5.41) is 9.66. The standard InChI is InChI=1S/C13H18F2O2/c1-2-4-17-5-3-13(16)8-10-6-11(14)9-12(15)7-10/h6-7,9,13,16H,2-5,8H2,1H3. The van der Waals surface area contributed by atoms with Gasteiger partial charge in [-0.2, -0.15) is 0 Å². The monoisotopic (exact) mass is 244 g/mol. The number of rotatable bonds is 7. The van der Waals surface area contributed by atoms with Crippen LogP contribution in [0.3, 0.4) is 0 Å². The van der Waals surface area contributed by atoms with E-state index in [1.54, 1.807) is 0 Å². The normalized spacial score (nSPS) is 12.7. The van der Waals surface area contributed by atoms with Crippen molar-refractivity contribution in [3.8, 4) is 0 Å². The molecule has 1 aromatic rings. The molecule has 0 bridgehead atoms. The molecule has 0 radical (unpaired) electrons. The Kier molecular flexibility index (Phi) is 6.08. The molecule has 0 saturated heterocycles. The molecule has 17 heavy (non-hydrogen) atoms. The van der Waals surface area contributed by atoms with Crippen molar-refractivity contribution in [1.82, 2.24) is 0 Å². The third-order valence-electron chi connectivity index (χ3n) is 2.34. The van der Waals surface area contributed by atoms with E-state index in [1.165, 1.54) is 12.1 Å². The number of hydrogen-bond donors (Lipinski definition) is 1. The maximum Gasteiger partial charge on any atom is 0.126 e. The van der Waals surface area contributed by atoms with Crippen LogP contribution in [0.25, 0.3) is 0 Å². The van der Waals surface area contributed by atoms with E-state index in [9.17, 15) is 13.9 Å². The Hall–Kier alpha value is -1.00. The average Bonchev–Trinajstić information content (AvgIpc) is 2.23. The minimum absolute atomic E-state index is 0.240. The second-order valence-corrected chi connectivity index (χ2v) is 4.04. The van der Waals surface area contributed by atoms with Crippen molar-refractivity contribution in [3.05, 3.63) is 35.4 Å². The zero-order chi connectivity index (χ0) is 12.7. The molecule has 96 valence electrons. The summed E-state index contributed by atoms with van der Waals surface area (Å²) in [6, 6.07) is 3.29. The summed E-state index contributed by atoms with van der Waals surface area (Å²) in [6.45, 7) is 3.14.